The summed E-state index contributed by atoms with van der Waals surface area (Å²) < 4.78 is 4.88. The van der Waals surface area contributed by atoms with Crippen LogP contribution in [-0.4, -0.2) is 29.0 Å². The van der Waals surface area contributed by atoms with E-state index in [9.17, 15) is 9.59 Å². The number of amides is 1. The van der Waals surface area contributed by atoms with Crippen molar-refractivity contribution in [3.8, 4) is 0 Å². The van der Waals surface area contributed by atoms with E-state index in [4.69, 9.17) is 10.5 Å². The molecule has 1 amide bonds. The molecule has 8 heteroatoms. The average Bonchev–Trinajstić information content (AvgIpc) is 2.85. The fraction of sp³-hybridized carbons (Fsp3) is 0.667. The number of nitrogens with zero attached hydrogens (tertiary/aromatic N) is 1. The third-order valence-corrected chi connectivity index (χ3v) is 4.79. The molecular weight excluding hydrogens is 338 g/mol. The van der Waals surface area contributed by atoms with Gasteiger partial charge in [0.2, 0.25) is 5.91 Å². The number of hydrogen-bond donors (Lipinski definition) is 2. The van der Waals surface area contributed by atoms with Crippen LogP contribution in [0.5, 0.6) is 0 Å². The number of thiazole rings is 1. The Morgan fingerprint density at radius 1 is 1.52 bits per heavy atom. The maximum absolute atomic E-state index is 12.4. The van der Waals surface area contributed by atoms with Gasteiger partial charge in [-0.05, 0) is 26.7 Å². The number of anilines is 1. The van der Waals surface area contributed by atoms with Gasteiger partial charge in [-0.15, -0.1) is 23.7 Å². The molecule has 2 rings (SSSR count). The molecule has 1 saturated carbocycles. The highest BCUT2D eigenvalue weighted by atomic mass is 35.5. The lowest BCUT2D eigenvalue weighted by Crippen LogP contribution is -2.51. The van der Waals surface area contributed by atoms with E-state index in [0.29, 0.717) is 17.4 Å². The maximum atomic E-state index is 12.4. The molecule has 2 unspecified atom stereocenters. The molecule has 23 heavy (non-hydrogen) atoms. The van der Waals surface area contributed by atoms with Crippen LogP contribution in [0.1, 0.15) is 45.2 Å². The van der Waals surface area contributed by atoms with E-state index >= 15 is 0 Å². The van der Waals surface area contributed by atoms with E-state index in [2.05, 4.69) is 10.3 Å². The smallest absolute Gasteiger partial charge is 0.311 e. The zero-order valence-corrected chi connectivity index (χ0v) is 15.1. The lowest BCUT2D eigenvalue weighted by molar-refractivity contribution is -0.142. The topological polar surface area (TPSA) is 94.3 Å². The second kappa shape index (κ2) is 8.61. The quantitative estimate of drug-likeness (QED) is 0.786. The molecule has 2 atom stereocenters. The minimum atomic E-state index is -0.465. The molecule has 1 aliphatic carbocycles. The Hall–Kier alpha value is -1.18. The third kappa shape index (κ3) is 5.44. The molecule has 0 bridgehead atoms. The molecule has 6 nitrogen and oxygen atoms in total. The van der Waals surface area contributed by atoms with Crippen molar-refractivity contribution in [2.24, 2.45) is 11.7 Å². The molecule has 3 N–H and O–H groups in total. The lowest BCUT2D eigenvalue weighted by Gasteiger charge is -2.36. The zero-order valence-electron chi connectivity index (χ0n) is 13.5. The summed E-state index contributed by atoms with van der Waals surface area (Å²) in [5.74, 6) is -0.590. The first kappa shape index (κ1) is 19.9. The summed E-state index contributed by atoms with van der Waals surface area (Å²) in [4.78, 5) is 28.1. The largest absolute Gasteiger partial charge is 0.466 e. The predicted octanol–water partition coefficient (Wildman–Crippen LogP) is 2.52. The fourth-order valence-electron chi connectivity index (χ4n) is 2.79. The second-order valence-corrected chi connectivity index (χ2v) is 6.78. The highest BCUT2D eigenvalue weighted by Crippen LogP contribution is 2.32. The third-order valence-electron chi connectivity index (χ3n) is 3.98. The van der Waals surface area contributed by atoms with Crippen molar-refractivity contribution in [1.82, 2.24) is 4.98 Å². The van der Waals surface area contributed by atoms with Gasteiger partial charge in [-0.3, -0.25) is 9.59 Å². The standard InChI is InChI=1S/C15H23N3O3S.ClH/c1-3-21-12(19)8-10-9-22-14(17-10)18-13(20)11-6-4-5-7-15(11,2)16;/h9,11H,3-8,16H2,1-2H3,(H,17,18,20);1H. The maximum Gasteiger partial charge on any atom is 0.311 e. The summed E-state index contributed by atoms with van der Waals surface area (Å²) in [6.45, 7) is 4.05. The molecule has 1 aromatic rings. The van der Waals surface area contributed by atoms with E-state index in [-0.39, 0.29) is 36.6 Å². The van der Waals surface area contributed by atoms with Gasteiger partial charge in [-0.25, -0.2) is 4.98 Å². The lowest BCUT2D eigenvalue weighted by atomic mass is 9.74. The molecule has 0 spiro atoms. The molecule has 0 saturated heterocycles. The Balaban J connectivity index is 0.00000264. The van der Waals surface area contributed by atoms with E-state index in [1.165, 1.54) is 11.3 Å². The summed E-state index contributed by atoms with van der Waals surface area (Å²) in [6, 6.07) is 0. The number of nitrogens with one attached hydrogen (secondary N) is 1. The molecule has 130 valence electrons. The molecular formula is C15H24ClN3O3S. The SMILES string of the molecule is CCOC(=O)Cc1csc(NC(=O)C2CCCCC2(C)N)n1.Cl. The van der Waals surface area contributed by atoms with Crippen molar-refractivity contribution in [2.45, 2.75) is 51.5 Å². The van der Waals surface area contributed by atoms with Crippen molar-refractivity contribution in [1.29, 1.82) is 0 Å². The first-order valence-electron chi connectivity index (χ1n) is 7.62. The van der Waals surface area contributed by atoms with Crippen LogP contribution < -0.4 is 11.1 Å². The fourth-order valence-corrected chi connectivity index (χ4v) is 3.50. The molecule has 1 fully saturated rings. The molecule has 1 aromatic heterocycles. The summed E-state index contributed by atoms with van der Waals surface area (Å²) in [5.41, 5.74) is 6.39. The first-order valence-corrected chi connectivity index (χ1v) is 8.50. The molecule has 0 radical (unpaired) electrons. The van der Waals surface area contributed by atoms with Crippen LogP contribution in [0.2, 0.25) is 0 Å². The van der Waals surface area contributed by atoms with Crippen LogP contribution in [0.15, 0.2) is 5.38 Å². The highest BCUT2D eigenvalue weighted by molar-refractivity contribution is 7.13. The minimum absolute atomic E-state index is 0. The number of carbonyl (C=O) groups excluding carboxylic acids is 2. The molecule has 1 aliphatic rings. The molecule has 1 heterocycles. The number of rotatable bonds is 5. The van der Waals surface area contributed by atoms with Crippen LogP contribution in [0.4, 0.5) is 5.13 Å². The van der Waals surface area contributed by atoms with Gasteiger partial charge in [0.05, 0.1) is 24.6 Å². The van der Waals surface area contributed by atoms with E-state index in [1.807, 2.05) is 6.92 Å². The Kier molecular flexibility index (Phi) is 7.44. The number of hydrogen-bond acceptors (Lipinski definition) is 6. The van der Waals surface area contributed by atoms with Crippen LogP contribution >= 0.6 is 23.7 Å². The normalized spacial score (nSPS) is 23.7. The Bertz CT molecular complexity index is 548. The van der Waals surface area contributed by atoms with Gasteiger partial charge in [0.15, 0.2) is 5.13 Å². The summed E-state index contributed by atoms with van der Waals surface area (Å²) in [7, 11) is 0. The van der Waals surface area contributed by atoms with Crippen molar-refractivity contribution in [3.05, 3.63) is 11.1 Å². The van der Waals surface area contributed by atoms with Gasteiger partial charge in [0.25, 0.3) is 0 Å². The Morgan fingerprint density at radius 2 is 2.26 bits per heavy atom. The Morgan fingerprint density at radius 3 is 2.91 bits per heavy atom. The van der Waals surface area contributed by atoms with Crippen LogP contribution in [0, 0.1) is 5.92 Å². The van der Waals surface area contributed by atoms with E-state index < -0.39 is 5.54 Å². The zero-order chi connectivity index (χ0) is 16.2. The number of ether oxygens (including phenoxy) is 1. The van der Waals surface area contributed by atoms with Crippen molar-refractivity contribution in [3.63, 3.8) is 0 Å². The van der Waals surface area contributed by atoms with Gasteiger partial charge in [-0.1, -0.05) is 12.8 Å². The van der Waals surface area contributed by atoms with Crippen molar-refractivity contribution < 1.29 is 14.3 Å². The number of carbonyl (C=O) groups is 2. The number of halogens is 1. The van der Waals surface area contributed by atoms with Crippen LogP contribution in [-0.2, 0) is 20.7 Å². The van der Waals surface area contributed by atoms with Gasteiger partial charge in [-0.2, -0.15) is 0 Å². The minimum Gasteiger partial charge on any atom is -0.466 e. The van der Waals surface area contributed by atoms with Crippen LogP contribution in [0.3, 0.4) is 0 Å². The monoisotopic (exact) mass is 361 g/mol. The van der Waals surface area contributed by atoms with Crippen molar-refractivity contribution >= 4 is 40.8 Å². The Labute approximate surface area is 146 Å². The second-order valence-electron chi connectivity index (χ2n) is 5.92. The average molecular weight is 362 g/mol. The van der Waals surface area contributed by atoms with Gasteiger partial charge < -0.3 is 15.8 Å². The van der Waals surface area contributed by atoms with Gasteiger partial charge >= 0.3 is 5.97 Å². The predicted molar refractivity (Wildman–Crippen MR) is 92.9 cm³/mol. The first-order chi connectivity index (χ1) is 10.4. The summed E-state index contributed by atoms with van der Waals surface area (Å²) in [6.07, 6.45) is 3.88. The van der Waals surface area contributed by atoms with E-state index in [1.54, 1.807) is 12.3 Å². The number of aromatic nitrogens is 1. The number of nitrogens with two attached hydrogens (primary N) is 1. The van der Waals surface area contributed by atoms with Crippen LogP contribution in [0.25, 0.3) is 0 Å². The van der Waals surface area contributed by atoms with Gasteiger partial charge in [0, 0.05) is 10.9 Å². The molecule has 0 aliphatic heterocycles. The number of esters is 1. The molecule has 0 aromatic carbocycles. The highest BCUT2D eigenvalue weighted by Gasteiger charge is 2.38. The van der Waals surface area contributed by atoms with E-state index in [0.717, 1.165) is 25.7 Å². The summed E-state index contributed by atoms with van der Waals surface area (Å²) in [5, 5.41) is 5.09. The summed E-state index contributed by atoms with van der Waals surface area (Å²) >= 11 is 1.31. The van der Waals surface area contributed by atoms with Gasteiger partial charge in [0.1, 0.15) is 0 Å². The van der Waals surface area contributed by atoms with Crippen molar-refractivity contribution in [2.75, 3.05) is 11.9 Å².